The third kappa shape index (κ3) is 5.81. The van der Waals surface area contributed by atoms with Crippen LogP contribution in [0.1, 0.15) is 49.0 Å². The monoisotopic (exact) mass is 355 g/mol. The normalized spacial score (nSPS) is 11.3. The summed E-state index contributed by atoms with van der Waals surface area (Å²) in [5.41, 5.74) is 5.01. The highest BCUT2D eigenvalue weighted by atomic mass is 19.1. The first-order valence-electron chi connectivity index (χ1n) is 8.34. The van der Waals surface area contributed by atoms with Gasteiger partial charge in [-0.2, -0.15) is 5.10 Å². The van der Waals surface area contributed by atoms with E-state index in [4.69, 9.17) is 0 Å². The van der Waals surface area contributed by atoms with E-state index in [1.807, 2.05) is 24.3 Å². The van der Waals surface area contributed by atoms with Gasteiger partial charge in [-0.3, -0.25) is 9.59 Å². The second-order valence-corrected chi connectivity index (χ2v) is 6.30. The number of amides is 2. The maximum atomic E-state index is 12.8. The van der Waals surface area contributed by atoms with Gasteiger partial charge in [0.05, 0.1) is 6.42 Å². The van der Waals surface area contributed by atoms with Gasteiger partial charge in [0.25, 0.3) is 5.91 Å². The number of nitrogens with one attached hydrogen (secondary N) is 2. The van der Waals surface area contributed by atoms with Crippen molar-refractivity contribution in [1.82, 2.24) is 5.43 Å². The standard InChI is InChI=1S/C20H22FN3O2/c1-13(2)15-6-10-18(11-7-15)22-19(25)12-14(3)23-24-20(26)16-4-8-17(21)9-5-16/h4-11,13H,12H2,1-3H3,(H,22,25)(H,24,26)/b23-14+. The average molecular weight is 355 g/mol. The van der Waals surface area contributed by atoms with Crippen molar-refractivity contribution in [2.45, 2.75) is 33.1 Å². The molecule has 2 N–H and O–H groups in total. The molecule has 136 valence electrons. The van der Waals surface area contributed by atoms with Gasteiger partial charge < -0.3 is 5.32 Å². The first kappa shape index (κ1) is 19.3. The molecule has 2 aromatic carbocycles. The molecule has 0 radical (unpaired) electrons. The highest BCUT2D eigenvalue weighted by molar-refractivity contribution is 6.06. The van der Waals surface area contributed by atoms with E-state index in [0.29, 0.717) is 17.3 Å². The zero-order valence-corrected chi connectivity index (χ0v) is 15.0. The lowest BCUT2D eigenvalue weighted by Gasteiger charge is -2.08. The molecule has 2 amide bonds. The van der Waals surface area contributed by atoms with Crippen molar-refractivity contribution < 1.29 is 14.0 Å². The van der Waals surface area contributed by atoms with Crippen LogP contribution in [0, 0.1) is 5.82 Å². The number of anilines is 1. The molecular formula is C20H22FN3O2. The van der Waals surface area contributed by atoms with Crippen molar-refractivity contribution in [1.29, 1.82) is 0 Å². The Kier molecular flexibility index (Phi) is 6.60. The minimum absolute atomic E-state index is 0.0512. The van der Waals surface area contributed by atoms with Gasteiger partial charge in [0.2, 0.25) is 5.91 Å². The van der Waals surface area contributed by atoms with Gasteiger partial charge in [-0.1, -0.05) is 26.0 Å². The van der Waals surface area contributed by atoms with Crippen molar-refractivity contribution in [2.24, 2.45) is 5.10 Å². The van der Waals surface area contributed by atoms with E-state index in [-0.39, 0.29) is 17.9 Å². The number of rotatable bonds is 6. The van der Waals surface area contributed by atoms with E-state index in [1.54, 1.807) is 6.92 Å². The van der Waals surface area contributed by atoms with Crippen LogP contribution in [0.25, 0.3) is 0 Å². The van der Waals surface area contributed by atoms with Gasteiger partial charge in [-0.25, -0.2) is 9.82 Å². The highest BCUT2D eigenvalue weighted by Crippen LogP contribution is 2.17. The molecule has 2 aromatic rings. The van der Waals surface area contributed by atoms with Gasteiger partial charge in [0.1, 0.15) is 5.82 Å². The second kappa shape index (κ2) is 8.89. The fourth-order valence-corrected chi connectivity index (χ4v) is 2.24. The molecule has 0 aliphatic carbocycles. The SMILES string of the molecule is C/C(CC(=O)Nc1ccc(C(C)C)cc1)=N\NC(=O)c1ccc(F)cc1. The van der Waals surface area contributed by atoms with Gasteiger partial charge >= 0.3 is 0 Å². The Balaban J connectivity index is 1.86. The van der Waals surface area contributed by atoms with Gasteiger partial charge in [0, 0.05) is 17.0 Å². The minimum atomic E-state index is -0.464. The summed E-state index contributed by atoms with van der Waals surface area (Å²) in [6.45, 7) is 5.85. The smallest absolute Gasteiger partial charge is 0.271 e. The lowest BCUT2D eigenvalue weighted by molar-refractivity contribution is -0.115. The maximum absolute atomic E-state index is 12.8. The Morgan fingerprint density at radius 2 is 1.65 bits per heavy atom. The summed E-state index contributed by atoms with van der Waals surface area (Å²) in [6, 6.07) is 12.8. The topological polar surface area (TPSA) is 70.6 Å². The number of hydrazone groups is 1. The molecule has 0 aliphatic heterocycles. The Bertz CT molecular complexity index is 797. The lowest BCUT2D eigenvalue weighted by Crippen LogP contribution is -2.21. The molecule has 0 aromatic heterocycles. The van der Waals surface area contributed by atoms with Crippen molar-refractivity contribution in [3.05, 3.63) is 65.5 Å². The zero-order valence-electron chi connectivity index (χ0n) is 15.0. The van der Waals surface area contributed by atoms with Gasteiger partial charge in [-0.15, -0.1) is 0 Å². The fourth-order valence-electron chi connectivity index (χ4n) is 2.24. The maximum Gasteiger partial charge on any atom is 0.271 e. The molecule has 0 bridgehead atoms. The van der Waals surface area contributed by atoms with Crippen LogP contribution in [0.4, 0.5) is 10.1 Å². The van der Waals surface area contributed by atoms with Crippen LogP contribution < -0.4 is 10.7 Å². The van der Waals surface area contributed by atoms with Crippen LogP contribution in [-0.4, -0.2) is 17.5 Å². The van der Waals surface area contributed by atoms with Crippen LogP contribution >= 0.6 is 0 Å². The molecule has 0 unspecified atom stereocenters. The van der Waals surface area contributed by atoms with Crippen LogP contribution in [0.5, 0.6) is 0 Å². The van der Waals surface area contributed by atoms with E-state index in [0.717, 1.165) is 0 Å². The number of nitrogens with zero attached hydrogens (tertiary/aromatic N) is 1. The average Bonchev–Trinajstić information content (AvgIpc) is 2.60. The molecule has 0 atom stereocenters. The molecule has 0 saturated heterocycles. The number of carbonyl (C=O) groups excluding carboxylic acids is 2. The molecule has 0 heterocycles. The number of carbonyl (C=O) groups is 2. The summed E-state index contributed by atoms with van der Waals surface area (Å²) in [6.07, 6.45) is 0.0512. The van der Waals surface area contributed by atoms with E-state index >= 15 is 0 Å². The second-order valence-electron chi connectivity index (χ2n) is 6.30. The van der Waals surface area contributed by atoms with Crippen LogP contribution in [-0.2, 0) is 4.79 Å². The number of hydrogen-bond acceptors (Lipinski definition) is 3. The Morgan fingerprint density at radius 3 is 2.23 bits per heavy atom. The number of hydrogen-bond donors (Lipinski definition) is 2. The predicted octanol–water partition coefficient (Wildman–Crippen LogP) is 4.08. The fraction of sp³-hybridized carbons (Fsp3) is 0.250. The Labute approximate surface area is 152 Å². The Hall–Kier alpha value is -3.02. The number of benzene rings is 2. The van der Waals surface area contributed by atoms with Crippen LogP contribution in [0.3, 0.4) is 0 Å². The third-order valence-electron chi connectivity index (χ3n) is 3.73. The molecule has 0 saturated carbocycles. The molecular weight excluding hydrogens is 333 g/mol. The summed E-state index contributed by atoms with van der Waals surface area (Å²) in [7, 11) is 0. The molecule has 6 heteroatoms. The predicted molar refractivity (Wildman–Crippen MR) is 101 cm³/mol. The van der Waals surface area contributed by atoms with Crippen LogP contribution in [0.2, 0.25) is 0 Å². The third-order valence-corrected chi connectivity index (χ3v) is 3.73. The summed E-state index contributed by atoms with van der Waals surface area (Å²) in [4.78, 5) is 23.9. The molecule has 0 fully saturated rings. The van der Waals surface area contributed by atoms with Crippen LogP contribution in [0.15, 0.2) is 53.6 Å². The summed E-state index contributed by atoms with van der Waals surface area (Å²) in [5.74, 6) is -0.674. The first-order chi connectivity index (χ1) is 12.3. The molecule has 0 aliphatic rings. The first-order valence-corrected chi connectivity index (χ1v) is 8.34. The van der Waals surface area contributed by atoms with Gasteiger partial charge in [0.15, 0.2) is 0 Å². The molecule has 5 nitrogen and oxygen atoms in total. The summed E-state index contributed by atoms with van der Waals surface area (Å²) < 4.78 is 12.8. The minimum Gasteiger partial charge on any atom is -0.326 e. The summed E-state index contributed by atoms with van der Waals surface area (Å²) >= 11 is 0. The van der Waals surface area contributed by atoms with E-state index in [1.165, 1.54) is 29.8 Å². The highest BCUT2D eigenvalue weighted by Gasteiger charge is 2.08. The molecule has 0 spiro atoms. The quantitative estimate of drug-likeness (QED) is 0.605. The van der Waals surface area contributed by atoms with E-state index in [9.17, 15) is 14.0 Å². The number of halogens is 1. The van der Waals surface area contributed by atoms with Crippen molar-refractivity contribution in [2.75, 3.05) is 5.32 Å². The van der Waals surface area contributed by atoms with Crippen molar-refractivity contribution in [3.8, 4) is 0 Å². The van der Waals surface area contributed by atoms with E-state index in [2.05, 4.69) is 29.7 Å². The van der Waals surface area contributed by atoms with E-state index < -0.39 is 11.7 Å². The Morgan fingerprint density at radius 1 is 1.04 bits per heavy atom. The van der Waals surface area contributed by atoms with Gasteiger partial charge in [-0.05, 0) is 54.8 Å². The molecule has 2 rings (SSSR count). The summed E-state index contributed by atoms with van der Waals surface area (Å²) in [5, 5.41) is 6.69. The largest absolute Gasteiger partial charge is 0.326 e. The molecule has 26 heavy (non-hydrogen) atoms. The lowest BCUT2D eigenvalue weighted by atomic mass is 10.0. The van der Waals surface area contributed by atoms with Crippen molar-refractivity contribution in [3.63, 3.8) is 0 Å². The van der Waals surface area contributed by atoms with Crippen molar-refractivity contribution >= 4 is 23.2 Å². The zero-order chi connectivity index (χ0) is 19.1.